The zero-order chi connectivity index (χ0) is 23.3. The summed E-state index contributed by atoms with van der Waals surface area (Å²) in [5, 5.41) is 0.669. The molecule has 0 aliphatic rings. The molecule has 0 N–H and O–H groups in total. The van der Waals surface area contributed by atoms with Gasteiger partial charge in [0.1, 0.15) is 11.3 Å². The Kier molecular flexibility index (Phi) is 6.35. The van der Waals surface area contributed by atoms with Crippen LogP contribution >= 0.6 is 11.3 Å². The normalized spacial score (nSPS) is 11.0. The van der Waals surface area contributed by atoms with E-state index in [1.165, 1.54) is 11.3 Å². The number of imidazole rings is 1. The number of hydrogen-bond acceptors (Lipinski definition) is 5. The number of carbonyl (C=O) groups is 1. The summed E-state index contributed by atoms with van der Waals surface area (Å²) >= 11 is 1.50. The molecule has 7 heteroatoms. The minimum Gasteiger partial charge on any atom is -0.494 e. The van der Waals surface area contributed by atoms with Gasteiger partial charge in [0.2, 0.25) is 0 Å². The van der Waals surface area contributed by atoms with E-state index in [-0.39, 0.29) is 5.91 Å². The summed E-state index contributed by atoms with van der Waals surface area (Å²) in [5.74, 6) is 0.640. The van der Waals surface area contributed by atoms with Gasteiger partial charge in [-0.3, -0.25) is 9.69 Å². The Morgan fingerprint density at radius 1 is 1.00 bits per heavy atom. The van der Waals surface area contributed by atoms with Crippen molar-refractivity contribution in [3.63, 3.8) is 0 Å². The first-order valence-electron chi connectivity index (χ1n) is 11.1. The molecule has 2 aromatic heterocycles. The summed E-state index contributed by atoms with van der Waals surface area (Å²) in [5.41, 5.74) is 3.61. The lowest BCUT2D eigenvalue weighted by atomic mass is 10.0. The standard InChI is InChI=1S/C27H24N4O2S/c1-33-23-9-5-10-24-25(23)29-27(34-24)31(17-6-16-30-18-15-28-19-30)26(32)22-13-11-21(12-14-22)20-7-3-2-4-8-20/h2-5,7-15,18-19H,6,16-17H2,1H3. The van der Waals surface area contributed by atoms with E-state index in [4.69, 9.17) is 9.72 Å². The van der Waals surface area contributed by atoms with Crippen molar-refractivity contribution in [1.29, 1.82) is 0 Å². The molecule has 0 aliphatic carbocycles. The second kappa shape index (κ2) is 9.89. The molecular formula is C27H24N4O2S. The van der Waals surface area contributed by atoms with E-state index < -0.39 is 0 Å². The smallest absolute Gasteiger partial charge is 0.260 e. The maximum atomic E-state index is 13.7. The number of para-hydroxylation sites is 1. The Bertz CT molecular complexity index is 1380. The van der Waals surface area contributed by atoms with E-state index >= 15 is 0 Å². The molecule has 0 saturated carbocycles. The highest BCUT2D eigenvalue weighted by atomic mass is 32.1. The van der Waals surface area contributed by atoms with Crippen LogP contribution in [0.5, 0.6) is 5.75 Å². The van der Waals surface area contributed by atoms with Crippen LogP contribution in [-0.4, -0.2) is 34.1 Å². The minimum absolute atomic E-state index is 0.0664. The van der Waals surface area contributed by atoms with Gasteiger partial charge in [0.15, 0.2) is 5.13 Å². The lowest BCUT2D eigenvalue weighted by Gasteiger charge is -2.20. The summed E-state index contributed by atoms with van der Waals surface area (Å²) in [6, 6.07) is 23.7. The number of rotatable bonds is 8. The van der Waals surface area contributed by atoms with Gasteiger partial charge in [-0.25, -0.2) is 9.97 Å². The Hall–Kier alpha value is -3.97. The third-order valence-corrected chi connectivity index (χ3v) is 6.71. The molecule has 2 heterocycles. The van der Waals surface area contributed by atoms with Gasteiger partial charge in [-0.05, 0) is 41.8 Å². The number of nitrogens with zero attached hydrogens (tertiary/aromatic N) is 4. The monoisotopic (exact) mass is 468 g/mol. The van der Waals surface area contributed by atoms with Gasteiger partial charge in [-0.15, -0.1) is 0 Å². The fourth-order valence-corrected chi connectivity index (χ4v) is 4.91. The van der Waals surface area contributed by atoms with E-state index in [1.54, 1.807) is 24.5 Å². The first-order valence-corrected chi connectivity index (χ1v) is 11.9. The van der Waals surface area contributed by atoms with Crippen molar-refractivity contribution in [2.75, 3.05) is 18.6 Å². The van der Waals surface area contributed by atoms with Crippen molar-refractivity contribution < 1.29 is 9.53 Å². The molecule has 5 rings (SSSR count). The number of fused-ring (bicyclic) bond motifs is 1. The van der Waals surface area contributed by atoms with Crippen molar-refractivity contribution in [3.8, 4) is 16.9 Å². The van der Waals surface area contributed by atoms with Gasteiger partial charge in [0.25, 0.3) is 5.91 Å². The highest BCUT2D eigenvalue weighted by Gasteiger charge is 2.22. The van der Waals surface area contributed by atoms with Crippen LogP contribution in [0.15, 0.2) is 91.5 Å². The fraction of sp³-hybridized carbons (Fsp3) is 0.148. The average molecular weight is 469 g/mol. The average Bonchev–Trinajstić information content (AvgIpc) is 3.57. The highest BCUT2D eigenvalue weighted by molar-refractivity contribution is 7.22. The number of amides is 1. The molecule has 3 aromatic carbocycles. The molecule has 0 aliphatic heterocycles. The number of aryl methyl sites for hydroxylation is 1. The second-order valence-electron chi connectivity index (χ2n) is 7.86. The van der Waals surface area contributed by atoms with Crippen LogP contribution in [0.4, 0.5) is 5.13 Å². The summed E-state index contributed by atoms with van der Waals surface area (Å²) in [7, 11) is 1.64. The van der Waals surface area contributed by atoms with Crippen LogP contribution in [0, 0.1) is 0 Å². The molecule has 0 atom stereocenters. The Morgan fingerprint density at radius 3 is 2.53 bits per heavy atom. The zero-order valence-electron chi connectivity index (χ0n) is 18.8. The summed E-state index contributed by atoms with van der Waals surface area (Å²) in [4.78, 5) is 24.3. The van der Waals surface area contributed by atoms with Crippen LogP contribution in [0.25, 0.3) is 21.3 Å². The van der Waals surface area contributed by atoms with E-state index in [2.05, 4.69) is 17.1 Å². The third-order valence-electron chi connectivity index (χ3n) is 5.66. The molecule has 34 heavy (non-hydrogen) atoms. The number of benzene rings is 3. The van der Waals surface area contributed by atoms with E-state index in [0.717, 1.165) is 34.3 Å². The van der Waals surface area contributed by atoms with Crippen molar-refractivity contribution in [1.82, 2.24) is 14.5 Å². The Labute approximate surface area is 202 Å². The van der Waals surface area contributed by atoms with Crippen LogP contribution in [0.1, 0.15) is 16.8 Å². The lowest BCUT2D eigenvalue weighted by Crippen LogP contribution is -2.32. The molecule has 1 amide bonds. The van der Waals surface area contributed by atoms with Crippen molar-refractivity contribution in [2.45, 2.75) is 13.0 Å². The Balaban J connectivity index is 1.44. The minimum atomic E-state index is -0.0664. The second-order valence-corrected chi connectivity index (χ2v) is 8.87. The van der Waals surface area contributed by atoms with Crippen molar-refractivity contribution in [3.05, 3.63) is 97.1 Å². The quantitative estimate of drug-likeness (QED) is 0.284. The van der Waals surface area contributed by atoms with Crippen LogP contribution in [0.3, 0.4) is 0 Å². The predicted octanol–water partition coefficient (Wildman–Crippen LogP) is 5.91. The maximum absolute atomic E-state index is 13.7. The fourth-order valence-electron chi connectivity index (χ4n) is 3.90. The van der Waals surface area contributed by atoms with E-state index in [1.807, 2.05) is 71.4 Å². The molecule has 0 unspecified atom stereocenters. The molecule has 5 aromatic rings. The van der Waals surface area contributed by atoms with Gasteiger partial charge in [0, 0.05) is 31.0 Å². The molecule has 170 valence electrons. The maximum Gasteiger partial charge on any atom is 0.260 e. The molecule has 6 nitrogen and oxygen atoms in total. The van der Waals surface area contributed by atoms with Crippen molar-refractivity contribution >= 4 is 32.6 Å². The number of methoxy groups -OCH3 is 1. The molecule has 0 radical (unpaired) electrons. The lowest BCUT2D eigenvalue weighted by molar-refractivity contribution is 0.0986. The molecule has 0 saturated heterocycles. The highest BCUT2D eigenvalue weighted by Crippen LogP contribution is 2.35. The first kappa shape index (κ1) is 21.9. The van der Waals surface area contributed by atoms with Gasteiger partial charge in [-0.1, -0.05) is 59.9 Å². The zero-order valence-corrected chi connectivity index (χ0v) is 19.6. The number of anilines is 1. The Morgan fingerprint density at radius 2 is 1.79 bits per heavy atom. The number of carbonyl (C=O) groups excluding carboxylic acids is 1. The van der Waals surface area contributed by atoms with Crippen LogP contribution in [-0.2, 0) is 6.54 Å². The van der Waals surface area contributed by atoms with Gasteiger partial charge >= 0.3 is 0 Å². The van der Waals surface area contributed by atoms with E-state index in [9.17, 15) is 4.79 Å². The molecule has 0 bridgehead atoms. The summed E-state index contributed by atoms with van der Waals surface area (Å²) in [6.45, 7) is 1.31. The molecule has 0 spiro atoms. The van der Waals surface area contributed by atoms with Gasteiger partial charge in [-0.2, -0.15) is 0 Å². The topological polar surface area (TPSA) is 60.2 Å². The third kappa shape index (κ3) is 4.56. The first-order chi connectivity index (χ1) is 16.7. The molecular weight excluding hydrogens is 444 g/mol. The SMILES string of the molecule is COc1cccc2sc(N(CCCn3ccnc3)C(=O)c3ccc(-c4ccccc4)cc3)nc12. The number of hydrogen-bond donors (Lipinski definition) is 0. The summed E-state index contributed by atoms with van der Waals surface area (Å²) < 4.78 is 8.48. The molecule has 0 fully saturated rings. The van der Waals surface area contributed by atoms with Crippen LogP contribution < -0.4 is 9.64 Å². The number of thiazole rings is 1. The predicted molar refractivity (Wildman–Crippen MR) is 137 cm³/mol. The number of aromatic nitrogens is 3. The van der Waals surface area contributed by atoms with Crippen LogP contribution in [0.2, 0.25) is 0 Å². The number of ether oxygens (including phenoxy) is 1. The van der Waals surface area contributed by atoms with Gasteiger partial charge < -0.3 is 9.30 Å². The van der Waals surface area contributed by atoms with E-state index in [0.29, 0.717) is 23.0 Å². The summed E-state index contributed by atoms with van der Waals surface area (Å²) in [6.07, 6.45) is 6.25. The van der Waals surface area contributed by atoms with Gasteiger partial charge in [0.05, 0.1) is 18.1 Å². The largest absolute Gasteiger partial charge is 0.494 e. The van der Waals surface area contributed by atoms with Crippen molar-refractivity contribution in [2.24, 2.45) is 0 Å².